The summed E-state index contributed by atoms with van der Waals surface area (Å²) in [7, 11) is 0. The van der Waals surface area contributed by atoms with Crippen LogP contribution in [0, 0.1) is 0 Å². The molecule has 0 aliphatic heterocycles. The van der Waals surface area contributed by atoms with E-state index in [2.05, 4.69) is 5.32 Å². The summed E-state index contributed by atoms with van der Waals surface area (Å²) in [5.41, 5.74) is 1.23. The highest BCUT2D eigenvalue weighted by molar-refractivity contribution is 5.94. The van der Waals surface area contributed by atoms with Crippen molar-refractivity contribution in [2.45, 2.75) is 44.8 Å². The molecule has 0 heterocycles. The van der Waals surface area contributed by atoms with E-state index in [1.807, 2.05) is 0 Å². The highest BCUT2D eigenvalue weighted by Gasteiger charge is 2.16. The molecule has 1 N–H and O–H groups in total. The van der Waals surface area contributed by atoms with Crippen molar-refractivity contribution in [1.29, 1.82) is 0 Å². The van der Waals surface area contributed by atoms with E-state index in [0.29, 0.717) is 17.2 Å². The van der Waals surface area contributed by atoms with Crippen LogP contribution in [0.4, 0.5) is 4.39 Å². The normalized spacial score (nSPS) is 16.8. The first-order valence-electron chi connectivity index (χ1n) is 6.25. The number of hydrogen-bond donors (Lipinski definition) is 1. The van der Waals surface area contributed by atoms with Crippen molar-refractivity contribution < 1.29 is 9.18 Å². The van der Waals surface area contributed by atoms with Crippen molar-refractivity contribution in [3.8, 4) is 0 Å². The van der Waals surface area contributed by atoms with Crippen LogP contribution in [0.2, 0.25) is 0 Å². The van der Waals surface area contributed by atoms with Gasteiger partial charge in [-0.15, -0.1) is 0 Å². The Bertz CT molecular complexity index is 368. The Morgan fingerprint density at radius 1 is 1.18 bits per heavy atom. The fourth-order valence-electron chi connectivity index (χ4n) is 2.26. The number of halogens is 1. The van der Waals surface area contributed by atoms with Crippen molar-refractivity contribution >= 4 is 5.91 Å². The van der Waals surface area contributed by atoms with Gasteiger partial charge in [-0.2, -0.15) is 0 Å². The van der Waals surface area contributed by atoms with Gasteiger partial charge in [0.15, 0.2) is 0 Å². The smallest absolute Gasteiger partial charge is 0.251 e. The van der Waals surface area contributed by atoms with Gasteiger partial charge in [-0.05, 0) is 30.5 Å². The lowest BCUT2D eigenvalue weighted by atomic mass is 9.95. The van der Waals surface area contributed by atoms with E-state index in [1.165, 1.54) is 19.3 Å². The monoisotopic (exact) mass is 235 g/mol. The molecule has 0 aromatic heterocycles. The first kappa shape index (κ1) is 12.1. The molecule has 1 aromatic carbocycles. The number of hydrogen-bond acceptors (Lipinski definition) is 1. The molecule has 1 fully saturated rings. The minimum absolute atomic E-state index is 0.0395. The van der Waals surface area contributed by atoms with E-state index in [9.17, 15) is 9.18 Å². The summed E-state index contributed by atoms with van der Waals surface area (Å²) in [6.45, 7) is -0.482. The van der Waals surface area contributed by atoms with Crippen LogP contribution in [0.5, 0.6) is 0 Å². The third kappa shape index (κ3) is 3.29. The van der Waals surface area contributed by atoms with Crippen LogP contribution >= 0.6 is 0 Å². The van der Waals surface area contributed by atoms with Crippen LogP contribution in [-0.4, -0.2) is 11.9 Å². The maximum absolute atomic E-state index is 12.3. The van der Waals surface area contributed by atoms with Crippen molar-refractivity contribution in [3.05, 3.63) is 35.4 Å². The molecule has 0 atom stereocenters. The zero-order chi connectivity index (χ0) is 12.1. The number of carbonyl (C=O) groups excluding carboxylic acids is 1. The molecular formula is C14H18FNO. The van der Waals surface area contributed by atoms with Crippen LogP contribution in [0.1, 0.15) is 48.0 Å². The molecule has 0 unspecified atom stereocenters. The summed E-state index contributed by atoms with van der Waals surface area (Å²) in [5, 5.41) is 3.04. The number of rotatable bonds is 3. The lowest BCUT2D eigenvalue weighted by molar-refractivity contribution is 0.0927. The quantitative estimate of drug-likeness (QED) is 0.856. The summed E-state index contributed by atoms with van der Waals surface area (Å²) >= 11 is 0. The van der Waals surface area contributed by atoms with E-state index < -0.39 is 6.67 Å². The lowest BCUT2D eigenvalue weighted by Crippen LogP contribution is -2.36. The first-order valence-corrected chi connectivity index (χ1v) is 6.25. The van der Waals surface area contributed by atoms with Gasteiger partial charge < -0.3 is 5.32 Å². The molecule has 1 saturated carbocycles. The van der Waals surface area contributed by atoms with Gasteiger partial charge in [0.1, 0.15) is 6.67 Å². The van der Waals surface area contributed by atoms with Gasteiger partial charge in [-0.3, -0.25) is 4.79 Å². The third-order valence-electron chi connectivity index (χ3n) is 3.31. The van der Waals surface area contributed by atoms with E-state index in [-0.39, 0.29) is 5.91 Å². The molecule has 2 rings (SSSR count). The zero-order valence-corrected chi connectivity index (χ0v) is 9.92. The van der Waals surface area contributed by atoms with Crippen LogP contribution in [0.3, 0.4) is 0 Å². The second-order valence-corrected chi connectivity index (χ2v) is 4.64. The number of alkyl halides is 1. The van der Waals surface area contributed by atoms with Crippen LogP contribution in [0.25, 0.3) is 0 Å². The Balaban J connectivity index is 1.93. The van der Waals surface area contributed by atoms with Gasteiger partial charge in [0.25, 0.3) is 5.91 Å². The average Bonchev–Trinajstić information content (AvgIpc) is 2.40. The first-order chi connectivity index (χ1) is 8.29. The fourth-order valence-corrected chi connectivity index (χ4v) is 2.26. The predicted octanol–water partition coefficient (Wildman–Crippen LogP) is 3.22. The topological polar surface area (TPSA) is 29.1 Å². The van der Waals surface area contributed by atoms with Crippen LogP contribution in [-0.2, 0) is 6.67 Å². The standard InChI is InChI=1S/C14H18FNO/c15-10-11-6-8-12(9-7-11)14(17)16-13-4-2-1-3-5-13/h6-9,13H,1-5,10H2,(H,16,17). The molecule has 0 radical (unpaired) electrons. The van der Waals surface area contributed by atoms with E-state index >= 15 is 0 Å². The van der Waals surface area contributed by atoms with Crippen molar-refractivity contribution in [2.75, 3.05) is 0 Å². The van der Waals surface area contributed by atoms with Gasteiger partial charge in [0, 0.05) is 11.6 Å². The maximum atomic E-state index is 12.3. The summed E-state index contributed by atoms with van der Waals surface area (Å²) in [5.74, 6) is -0.0395. The van der Waals surface area contributed by atoms with Crippen LogP contribution in [0.15, 0.2) is 24.3 Å². The van der Waals surface area contributed by atoms with Crippen molar-refractivity contribution in [2.24, 2.45) is 0 Å². The van der Waals surface area contributed by atoms with Crippen molar-refractivity contribution in [3.63, 3.8) is 0 Å². The van der Waals surface area contributed by atoms with Gasteiger partial charge in [0.05, 0.1) is 0 Å². The molecule has 0 bridgehead atoms. The molecule has 1 aliphatic rings. The average molecular weight is 235 g/mol. The predicted molar refractivity (Wildman–Crippen MR) is 65.6 cm³/mol. The number of nitrogens with one attached hydrogen (secondary N) is 1. The zero-order valence-electron chi connectivity index (χ0n) is 9.92. The molecule has 0 saturated heterocycles. The molecule has 17 heavy (non-hydrogen) atoms. The molecule has 0 spiro atoms. The third-order valence-corrected chi connectivity index (χ3v) is 3.31. The highest BCUT2D eigenvalue weighted by atomic mass is 19.1. The molecule has 2 nitrogen and oxygen atoms in total. The number of carbonyl (C=O) groups is 1. The Morgan fingerprint density at radius 3 is 2.41 bits per heavy atom. The molecule has 1 amide bonds. The minimum atomic E-state index is -0.482. The van der Waals surface area contributed by atoms with E-state index in [4.69, 9.17) is 0 Å². The molecule has 1 aliphatic carbocycles. The fraction of sp³-hybridized carbons (Fsp3) is 0.500. The van der Waals surface area contributed by atoms with Gasteiger partial charge in [0.2, 0.25) is 0 Å². The highest BCUT2D eigenvalue weighted by Crippen LogP contribution is 2.18. The maximum Gasteiger partial charge on any atom is 0.251 e. The molecule has 1 aromatic rings. The minimum Gasteiger partial charge on any atom is -0.349 e. The second-order valence-electron chi connectivity index (χ2n) is 4.64. The molecular weight excluding hydrogens is 217 g/mol. The molecule has 3 heteroatoms. The van der Waals surface area contributed by atoms with Crippen LogP contribution < -0.4 is 5.32 Å². The largest absolute Gasteiger partial charge is 0.349 e. The Labute approximate surface area is 101 Å². The van der Waals surface area contributed by atoms with E-state index in [1.54, 1.807) is 24.3 Å². The van der Waals surface area contributed by atoms with Gasteiger partial charge >= 0.3 is 0 Å². The Morgan fingerprint density at radius 2 is 1.82 bits per heavy atom. The Hall–Kier alpha value is -1.38. The van der Waals surface area contributed by atoms with Gasteiger partial charge in [-0.25, -0.2) is 4.39 Å². The summed E-state index contributed by atoms with van der Waals surface area (Å²) in [6.07, 6.45) is 5.83. The van der Waals surface area contributed by atoms with Gasteiger partial charge in [-0.1, -0.05) is 31.4 Å². The summed E-state index contributed by atoms with van der Waals surface area (Å²) < 4.78 is 12.3. The SMILES string of the molecule is O=C(NC1CCCCC1)c1ccc(CF)cc1. The number of benzene rings is 1. The Kier molecular flexibility index (Phi) is 4.13. The second kappa shape index (κ2) is 5.80. The van der Waals surface area contributed by atoms with Crippen molar-refractivity contribution in [1.82, 2.24) is 5.32 Å². The lowest BCUT2D eigenvalue weighted by Gasteiger charge is -2.22. The molecule has 92 valence electrons. The van der Waals surface area contributed by atoms with E-state index in [0.717, 1.165) is 12.8 Å². The summed E-state index contributed by atoms with van der Waals surface area (Å²) in [4.78, 5) is 11.9. The summed E-state index contributed by atoms with van der Waals surface area (Å²) in [6, 6.07) is 7.02. The number of amides is 1.